The molecule has 2 unspecified atom stereocenters. The van der Waals surface area contributed by atoms with Gasteiger partial charge in [-0.05, 0) is 29.3 Å². The van der Waals surface area contributed by atoms with Crippen LogP contribution < -0.4 is 10.1 Å². The van der Waals surface area contributed by atoms with E-state index in [2.05, 4.69) is 5.32 Å². The van der Waals surface area contributed by atoms with E-state index < -0.39 is 26.7 Å². The number of sulfonamides is 1. The Morgan fingerprint density at radius 3 is 2.34 bits per heavy atom. The van der Waals surface area contributed by atoms with Gasteiger partial charge in [-0.2, -0.15) is 4.31 Å². The Kier molecular flexibility index (Phi) is 7.76. The van der Waals surface area contributed by atoms with Crippen LogP contribution in [0.5, 0.6) is 5.75 Å². The largest absolute Gasteiger partial charge is 0.497 e. The van der Waals surface area contributed by atoms with Gasteiger partial charge < -0.3 is 14.8 Å². The van der Waals surface area contributed by atoms with Gasteiger partial charge in [0.15, 0.2) is 4.90 Å². The molecule has 9 nitrogen and oxygen atoms in total. The maximum atomic E-state index is 13.4. The normalized spacial score (nSPS) is 18.4. The molecule has 3 aromatic carbocycles. The minimum atomic E-state index is -4.10. The summed E-state index contributed by atoms with van der Waals surface area (Å²) in [6.07, 6.45) is -0.446. The van der Waals surface area contributed by atoms with Crippen molar-refractivity contribution in [2.24, 2.45) is 0 Å². The third-order valence-electron chi connectivity index (χ3n) is 5.95. The quantitative estimate of drug-likeness (QED) is 0.338. The van der Waals surface area contributed by atoms with E-state index in [4.69, 9.17) is 9.47 Å². The first-order chi connectivity index (χ1) is 16.9. The predicted molar refractivity (Wildman–Crippen MR) is 130 cm³/mol. The molecule has 0 saturated carbocycles. The van der Waals surface area contributed by atoms with Gasteiger partial charge in [0.2, 0.25) is 10.0 Å². The number of nitrogens with zero attached hydrogens (tertiary/aromatic N) is 2. The van der Waals surface area contributed by atoms with Gasteiger partial charge in [-0.3, -0.25) is 10.1 Å². The molecule has 35 heavy (non-hydrogen) atoms. The van der Waals surface area contributed by atoms with Gasteiger partial charge in [0.1, 0.15) is 5.75 Å². The fourth-order valence-corrected chi connectivity index (χ4v) is 5.67. The molecule has 0 aliphatic carbocycles. The standard InChI is InChI=1S/C25H27N3O6S/c1-33-21-13-11-20(12-14-21)18-34-24-17-27(16-22(24)26-15-19-7-3-2-4-8-19)35(31,32)25-10-6-5-9-23(25)28(29)30/h2-14,22,24,26H,15-18H2,1H3. The number of nitro groups is 1. The number of nitrogens with one attached hydrogen (secondary N) is 1. The molecule has 1 N–H and O–H groups in total. The molecular formula is C25H27N3O6S. The van der Waals surface area contributed by atoms with Crippen LogP contribution in [0.25, 0.3) is 0 Å². The average molecular weight is 498 g/mol. The molecule has 1 aliphatic rings. The van der Waals surface area contributed by atoms with Crippen LogP contribution in [0.15, 0.2) is 83.8 Å². The van der Waals surface area contributed by atoms with E-state index in [-0.39, 0.29) is 30.6 Å². The van der Waals surface area contributed by atoms with Crippen LogP contribution in [0.2, 0.25) is 0 Å². The lowest BCUT2D eigenvalue weighted by Gasteiger charge is -2.20. The zero-order valence-electron chi connectivity index (χ0n) is 19.2. The summed E-state index contributed by atoms with van der Waals surface area (Å²) in [5, 5.41) is 14.9. The molecule has 0 aromatic heterocycles. The smallest absolute Gasteiger partial charge is 0.289 e. The van der Waals surface area contributed by atoms with Gasteiger partial charge in [0, 0.05) is 31.7 Å². The summed E-state index contributed by atoms with van der Waals surface area (Å²) >= 11 is 0. The number of para-hydroxylation sites is 1. The molecule has 2 atom stereocenters. The van der Waals surface area contributed by atoms with Gasteiger partial charge in [-0.1, -0.05) is 54.6 Å². The third-order valence-corrected chi connectivity index (χ3v) is 7.83. The van der Waals surface area contributed by atoms with Crippen LogP contribution >= 0.6 is 0 Å². The van der Waals surface area contributed by atoms with Crippen LogP contribution in [-0.2, 0) is 27.9 Å². The number of ether oxygens (including phenoxy) is 2. The molecule has 184 valence electrons. The van der Waals surface area contributed by atoms with Crippen molar-refractivity contribution in [3.8, 4) is 5.75 Å². The van der Waals surface area contributed by atoms with Crippen LogP contribution in [0.4, 0.5) is 5.69 Å². The van der Waals surface area contributed by atoms with E-state index in [1.807, 2.05) is 54.6 Å². The molecule has 0 amide bonds. The van der Waals surface area contributed by atoms with Crippen molar-refractivity contribution in [3.63, 3.8) is 0 Å². The Morgan fingerprint density at radius 2 is 1.66 bits per heavy atom. The average Bonchev–Trinajstić information content (AvgIpc) is 3.31. The summed E-state index contributed by atoms with van der Waals surface area (Å²) < 4.78 is 39.4. The summed E-state index contributed by atoms with van der Waals surface area (Å²) in [5.74, 6) is 0.735. The fraction of sp³-hybridized carbons (Fsp3) is 0.280. The first-order valence-corrected chi connectivity index (χ1v) is 12.6. The van der Waals surface area contributed by atoms with E-state index >= 15 is 0 Å². The highest BCUT2D eigenvalue weighted by Crippen LogP contribution is 2.29. The third kappa shape index (κ3) is 5.85. The molecule has 0 bridgehead atoms. The number of hydrogen-bond acceptors (Lipinski definition) is 7. The Balaban J connectivity index is 1.53. The molecule has 1 aliphatic heterocycles. The SMILES string of the molecule is COc1ccc(COC2CN(S(=O)(=O)c3ccccc3[N+](=O)[O-])CC2NCc2ccccc2)cc1. The van der Waals surface area contributed by atoms with Crippen molar-refractivity contribution in [2.45, 2.75) is 30.2 Å². The van der Waals surface area contributed by atoms with Crippen molar-refractivity contribution in [1.29, 1.82) is 0 Å². The van der Waals surface area contributed by atoms with Gasteiger partial charge in [-0.25, -0.2) is 8.42 Å². The van der Waals surface area contributed by atoms with Crippen molar-refractivity contribution in [1.82, 2.24) is 9.62 Å². The molecule has 10 heteroatoms. The van der Waals surface area contributed by atoms with E-state index in [9.17, 15) is 18.5 Å². The second-order valence-corrected chi connectivity index (χ2v) is 10.1. The van der Waals surface area contributed by atoms with Crippen LogP contribution in [0.1, 0.15) is 11.1 Å². The Labute approximate surface area is 204 Å². The number of methoxy groups -OCH3 is 1. The zero-order chi connectivity index (χ0) is 24.8. The number of nitro benzene ring substituents is 1. The number of rotatable bonds is 10. The second-order valence-electron chi connectivity index (χ2n) is 8.22. The molecular weight excluding hydrogens is 470 g/mol. The van der Waals surface area contributed by atoms with Gasteiger partial charge in [0.25, 0.3) is 5.69 Å². The number of benzene rings is 3. The Hall–Kier alpha value is -3.31. The monoisotopic (exact) mass is 497 g/mol. The molecule has 1 fully saturated rings. The first kappa shape index (κ1) is 24.8. The van der Waals surface area contributed by atoms with Crippen molar-refractivity contribution < 1.29 is 22.8 Å². The minimum Gasteiger partial charge on any atom is -0.497 e. The van der Waals surface area contributed by atoms with Gasteiger partial charge in [0.05, 0.1) is 24.7 Å². The lowest BCUT2D eigenvalue weighted by Crippen LogP contribution is -2.40. The van der Waals surface area contributed by atoms with Crippen LogP contribution in [-0.4, -0.2) is 50.0 Å². The van der Waals surface area contributed by atoms with E-state index in [0.717, 1.165) is 16.9 Å². The van der Waals surface area contributed by atoms with Crippen LogP contribution in [0.3, 0.4) is 0 Å². The predicted octanol–water partition coefficient (Wildman–Crippen LogP) is 3.35. The highest BCUT2D eigenvalue weighted by atomic mass is 32.2. The zero-order valence-corrected chi connectivity index (χ0v) is 20.1. The van der Waals surface area contributed by atoms with E-state index in [0.29, 0.717) is 6.54 Å². The topological polar surface area (TPSA) is 111 Å². The summed E-state index contributed by atoms with van der Waals surface area (Å²) in [7, 11) is -2.50. The van der Waals surface area contributed by atoms with Gasteiger partial charge in [-0.15, -0.1) is 0 Å². The molecule has 0 spiro atoms. The lowest BCUT2D eigenvalue weighted by atomic mass is 10.1. The summed E-state index contributed by atoms with van der Waals surface area (Å²) in [6.45, 7) is 1.04. The molecule has 0 radical (unpaired) electrons. The minimum absolute atomic E-state index is 0.0804. The van der Waals surface area contributed by atoms with Crippen molar-refractivity contribution in [3.05, 3.63) is 100 Å². The second kappa shape index (κ2) is 11.0. The lowest BCUT2D eigenvalue weighted by molar-refractivity contribution is -0.387. The summed E-state index contributed by atoms with van der Waals surface area (Å²) in [4.78, 5) is 10.5. The maximum absolute atomic E-state index is 13.4. The summed E-state index contributed by atoms with van der Waals surface area (Å²) in [5.41, 5.74) is 1.54. The van der Waals surface area contributed by atoms with Crippen molar-refractivity contribution >= 4 is 15.7 Å². The Morgan fingerprint density at radius 1 is 0.971 bits per heavy atom. The maximum Gasteiger partial charge on any atom is 0.289 e. The van der Waals surface area contributed by atoms with Crippen molar-refractivity contribution in [2.75, 3.05) is 20.2 Å². The highest BCUT2D eigenvalue weighted by molar-refractivity contribution is 7.89. The van der Waals surface area contributed by atoms with E-state index in [1.165, 1.54) is 28.6 Å². The van der Waals surface area contributed by atoms with E-state index in [1.54, 1.807) is 7.11 Å². The van der Waals surface area contributed by atoms with Gasteiger partial charge >= 0.3 is 0 Å². The molecule has 3 aromatic rings. The first-order valence-electron chi connectivity index (χ1n) is 11.1. The Bertz CT molecular complexity index is 1250. The molecule has 1 heterocycles. The van der Waals surface area contributed by atoms with Crippen LogP contribution in [0, 0.1) is 10.1 Å². The number of hydrogen-bond donors (Lipinski definition) is 1. The highest BCUT2D eigenvalue weighted by Gasteiger charge is 2.42. The fourth-order valence-electron chi connectivity index (χ4n) is 4.04. The summed E-state index contributed by atoms with van der Waals surface area (Å²) in [6, 6.07) is 22.3. The molecule has 1 saturated heterocycles. The molecule has 4 rings (SSSR count).